The number of aromatic nitrogens is 2. The number of nitrogens with zero attached hydrogens (tertiary/aromatic N) is 2. The molecule has 2 N–H and O–H groups in total. The minimum absolute atomic E-state index is 0.176. The van der Waals surface area contributed by atoms with Crippen LogP contribution in [-0.4, -0.2) is 9.97 Å². The summed E-state index contributed by atoms with van der Waals surface area (Å²) in [6.07, 6.45) is 1.57. The first kappa shape index (κ1) is 16.0. The predicted molar refractivity (Wildman–Crippen MR) is 99.7 cm³/mol. The van der Waals surface area contributed by atoms with E-state index in [1.54, 1.807) is 6.33 Å². The zero-order valence-corrected chi connectivity index (χ0v) is 14.2. The Hall–Kier alpha value is -2.88. The highest BCUT2D eigenvalue weighted by Gasteiger charge is 2.06. The molecule has 0 aliphatic carbocycles. The van der Waals surface area contributed by atoms with E-state index in [9.17, 15) is 0 Å². The Bertz CT molecular complexity index is 815. The molecular weight excluding hydrogens is 296 g/mol. The van der Waals surface area contributed by atoms with Crippen molar-refractivity contribution in [1.29, 1.82) is 0 Å². The molecule has 24 heavy (non-hydrogen) atoms. The normalized spacial score (nSPS) is 11.8. The molecule has 1 unspecified atom stereocenters. The van der Waals surface area contributed by atoms with E-state index in [2.05, 4.69) is 71.7 Å². The first-order valence-electron chi connectivity index (χ1n) is 8.09. The highest BCUT2D eigenvalue weighted by Crippen LogP contribution is 2.21. The summed E-state index contributed by atoms with van der Waals surface area (Å²) in [6, 6.07) is 18.7. The van der Waals surface area contributed by atoms with Crippen molar-refractivity contribution in [3.63, 3.8) is 0 Å². The third-order valence-electron chi connectivity index (χ3n) is 4.11. The fourth-order valence-corrected chi connectivity index (χ4v) is 2.52. The van der Waals surface area contributed by atoms with Gasteiger partial charge >= 0.3 is 0 Å². The van der Waals surface area contributed by atoms with Gasteiger partial charge in [-0.05, 0) is 49.6 Å². The van der Waals surface area contributed by atoms with Gasteiger partial charge in [-0.1, -0.05) is 36.4 Å². The summed E-state index contributed by atoms with van der Waals surface area (Å²) in [5, 5.41) is 6.75. The van der Waals surface area contributed by atoms with E-state index in [0.717, 1.165) is 17.3 Å². The molecule has 0 spiro atoms. The minimum Gasteiger partial charge on any atom is -0.363 e. The van der Waals surface area contributed by atoms with E-state index in [4.69, 9.17) is 0 Å². The van der Waals surface area contributed by atoms with Crippen LogP contribution in [0.3, 0.4) is 0 Å². The molecule has 1 atom stereocenters. The van der Waals surface area contributed by atoms with Crippen LogP contribution in [0.1, 0.15) is 29.7 Å². The molecule has 0 bridgehead atoms. The van der Waals surface area contributed by atoms with Gasteiger partial charge in [0, 0.05) is 17.8 Å². The molecule has 122 valence electrons. The summed E-state index contributed by atoms with van der Waals surface area (Å²) < 4.78 is 0. The monoisotopic (exact) mass is 318 g/mol. The van der Waals surface area contributed by atoms with Gasteiger partial charge in [-0.3, -0.25) is 0 Å². The molecule has 3 aromatic rings. The Labute approximate surface area is 143 Å². The lowest BCUT2D eigenvalue weighted by Crippen LogP contribution is -2.08. The van der Waals surface area contributed by atoms with Gasteiger partial charge in [0.25, 0.3) is 0 Å². The van der Waals surface area contributed by atoms with E-state index >= 15 is 0 Å². The summed E-state index contributed by atoms with van der Waals surface area (Å²) in [6.45, 7) is 6.33. The van der Waals surface area contributed by atoms with Crippen LogP contribution in [0, 0.1) is 13.8 Å². The maximum atomic E-state index is 4.32. The number of hydrogen-bond donors (Lipinski definition) is 2. The van der Waals surface area contributed by atoms with Crippen LogP contribution in [-0.2, 0) is 0 Å². The van der Waals surface area contributed by atoms with Crippen LogP contribution in [0.25, 0.3) is 0 Å². The van der Waals surface area contributed by atoms with Gasteiger partial charge in [0.05, 0.1) is 0 Å². The van der Waals surface area contributed by atoms with E-state index < -0.39 is 0 Å². The molecule has 2 aromatic carbocycles. The third kappa shape index (κ3) is 3.90. The van der Waals surface area contributed by atoms with Gasteiger partial charge in [-0.15, -0.1) is 0 Å². The lowest BCUT2D eigenvalue weighted by atomic mass is 10.1. The largest absolute Gasteiger partial charge is 0.363 e. The zero-order valence-electron chi connectivity index (χ0n) is 14.2. The second-order valence-corrected chi connectivity index (χ2v) is 5.99. The van der Waals surface area contributed by atoms with Crippen molar-refractivity contribution in [2.24, 2.45) is 0 Å². The molecule has 1 heterocycles. The van der Waals surface area contributed by atoms with Crippen molar-refractivity contribution >= 4 is 17.3 Å². The van der Waals surface area contributed by atoms with Gasteiger partial charge in [0.2, 0.25) is 0 Å². The summed E-state index contributed by atoms with van der Waals surface area (Å²) in [4.78, 5) is 8.62. The second kappa shape index (κ2) is 7.13. The topological polar surface area (TPSA) is 49.8 Å². The van der Waals surface area contributed by atoms with Crippen LogP contribution < -0.4 is 10.6 Å². The van der Waals surface area contributed by atoms with Gasteiger partial charge in [-0.25, -0.2) is 9.97 Å². The predicted octanol–water partition coefficient (Wildman–Crippen LogP) is 5.01. The van der Waals surface area contributed by atoms with Gasteiger partial charge in [-0.2, -0.15) is 0 Å². The van der Waals surface area contributed by atoms with Crippen LogP contribution in [0.5, 0.6) is 0 Å². The average Bonchev–Trinajstić information content (AvgIpc) is 2.59. The van der Waals surface area contributed by atoms with Crippen LogP contribution in [0.15, 0.2) is 60.9 Å². The molecule has 1 aromatic heterocycles. The highest BCUT2D eigenvalue weighted by molar-refractivity contribution is 5.60. The number of rotatable bonds is 5. The second-order valence-electron chi connectivity index (χ2n) is 5.99. The maximum absolute atomic E-state index is 4.32. The molecule has 0 saturated heterocycles. The van der Waals surface area contributed by atoms with Crippen molar-refractivity contribution in [1.82, 2.24) is 9.97 Å². The van der Waals surface area contributed by atoms with Crippen LogP contribution >= 0.6 is 0 Å². The van der Waals surface area contributed by atoms with E-state index in [-0.39, 0.29) is 6.04 Å². The molecule has 0 aliphatic rings. The summed E-state index contributed by atoms with van der Waals surface area (Å²) >= 11 is 0. The third-order valence-corrected chi connectivity index (χ3v) is 4.11. The van der Waals surface area contributed by atoms with Gasteiger partial charge < -0.3 is 10.6 Å². The summed E-state index contributed by atoms with van der Waals surface area (Å²) in [5.41, 5.74) is 4.78. The standard InChI is InChI=1S/C20H22N4/c1-14-9-10-18(11-15(14)2)24-20-12-19(21-13-22-20)23-16(3)17-7-5-4-6-8-17/h4-13,16H,1-3H3,(H2,21,22,23,24). The average molecular weight is 318 g/mol. The molecule has 0 radical (unpaired) electrons. The Morgan fingerprint density at radius 1 is 0.833 bits per heavy atom. The van der Waals surface area contributed by atoms with Crippen molar-refractivity contribution in [3.8, 4) is 0 Å². The molecule has 0 fully saturated rings. The fourth-order valence-electron chi connectivity index (χ4n) is 2.52. The number of nitrogens with one attached hydrogen (secondary N) is 2. The van der Waals surface area contributed by atoms with E-state index in [0.29, 0.717) is 0 Å². The molecule has 0 aliphatic heterocycles. The molecule has 4 heteroatoms. The van der Waals surface area contributed by atoms with Crippen LogP contribution in [0.2, 0.25) is 0 Å². The highest BCUT2D eigenvalue weighted by atomic mass is 15.1. The molecule has 0 amide bonds. The van der Waals surface area contributed by atoms with Gasteiger partial charge in [0.15, 0.2) is 0 Å². The SMILES string of the molecule is Cc1ccc(Nc2cc(NC(C)c3ccccc3)ncn2)cc1C. The van der Waals surface area contributed by atoms with Crippen molar-refractivity contribution in [2.75, 3.05) is 10.6 Å². The first-order valence-corrected chi connectivity index (χ1v) is 8.09. The van der Waals surface area contributed by atoms with Crippen molar-refractivity contribution in [3.05, 3.63) is 77.6 Å². The van der Waals surface area contributed by atoms with Gasteiger partial charge in [0.1, 0.15) is 18.0 Å². The lowest BCUT2D eigenvalue weighted by Gasteiger charge is -2.15. The Morgan fingerprint density at radius 2 is 1.58 bits per heavy atom. The minimum atomic E-state index is 0.176. The summed E-state index contributed by atoms with van der Waals surface area (Å²) in [7, 11) is 0. The molecular formula is C20H22N4. The van der Waals surface area contributed by atoms with Crippen molar-refractivity contribution < 1.29 is 0 Å². The Kier molecular flexibility index (Phi) is 4.75. The van der Waals surface area contributed by atoms with Crippen LogP contribution in [0.4, 0.5) is 17.3 Å². The number of anilines is 3. The maximum Gasteiger partial charge on any atom is 0.135 e. The van der Waals surface area contributed by atoms with E-state index in [1.807, 2.05) is 24.3 Å². The molecule has 4 nitrogen and oxygen atoms in total. The number of hydrogen-bond acceptors (Lipinski definition) is 4. The lowest BCUT2D eigenvalue weighted by molar-refractivity contribution is 0.872. The zero-order chi connectivity index (χ0) is 16.9. The number of benzene rings is 2. The van der Waals surface area contributed by atoms with Crippen molar-refractivity contribution in [2.45, 2.75) is 26.8 Å². The molecule has 0 saturated carbocycles. The Morgan fingerprint density at radius 3 is 2.33 bits per heavy atom. The van der Waals surface area contributed by atoms with E-state index in [1.165, 1.54) is 16.7 Å². The Balaban J connectivity index is 1.73. The number of aryl methyl sites for hydroxylation is 2. The smallest absolute Gasteiger partial charge is 0.135 e. The molecule has 3 rings (SSSR count). The summed E-state index contributed by atoms with van der Waals surface area (Å²) in [5.74, 6) is 1.57. The fraction of sp³-hybridized carbons (Fsp3) is 0.200. The quantitative estimate of drug-likeness (QED) is 0.694. The first-order chi connectivity index (χ1) is 11.6.